The van der Waals surface area contributed by atoms with E-state index in [1.807, 2.05) is 0 Å². The number of fused-ring (bicyclic) bond motifs is 1. The van der Waals surface area contributed by atoms with E-state index in [9.17, 15) is 24.6 Å². The molecule has 4 rings (SSSR count). The number of nitrogens with zero attached hydrogens (tertiary/aromatic N) is 2. The molecule has 0 unspecified atom stereocenters. The maximum absolute atomic E-state index is 12.8. The maximum atomic E-state index is 12.8. The number of pyridine rings is 1. The third kappa shape index (κ3) is 3.96. The third-order valence-corrected chi connectivity index (χ3v) is 6.81. The minimum atomic E-state index is -0.982. The van der Waals surface area contributed by atoms with Crippen molar-refractivity contribution in [1.82, 2.24) is 14.8 Å². The average molecular weight is 403 g/mol. The van der Waals surface area contributed by atoms with Gasteiger partial charge in [-0.05, 0) is 30.7 Å². The SMILES string of the molecule is C[C@H]1[C@H](O)[C@@H](O)[C@H]2CN(C(=O)CCn3ccccc3=O)C[C@@H]2[C@H]1C(=O)NC1CC1. The Morgan fingerprint density at radius 2 is 1.86 bits per heavy atom. The summed E-state index contributed by atoms with van der Waals surface area (Å²) in [4.78, 5) is 39.1. The molecule has 2 heterocycles. The number of aliphatic hydroxyl groups is 2. The van der Waals surface area contributed by atoms with Gasteiger partial charge in [-0.1, -0.05) is 13.0 Å². The lowest BCUT2D eigenvalue weighted by molar-refractivity contribution is -0.146. The molecular formula is C21H29N3O5. The van der Waals surface area contributed by atoms with Gasteiger partial charge >= 0.3 is 0 Å². The number of likely N-dealkylation sites (tertiary alicyclic amines) is 1. The van der Waals surface area contributed by atoms with Crippen LogP contribution in [0, 0.1) is 23.7 Å². The Bertz CT molecular complexity index is 836. The van der Waals surface area contributed by atoms with Crippen molar-refractivity contribution in [3.8, 4) is 0 Å². The minimum absolute atomic E-state index is 0.0777. The van der Waals surface area contributed by atoms with Crippen molar-refractivity contribution in [2.45, 2.75) is 51.0 Å². The Kier molecular flexibility index (Phi) is 5.48. The molecule has 3 fully saturated rings. The fourth-order valence-corrected chi connectivity index (χ4v) is 4.94. The maximum Gasteiger partial charge on any atom is 0.250 e. The topological polar surface area (TPSA) is 112 Å². The molecule has 2 amide bonds. The molecule has 8 nitrogen and oxygen atoms in total. The molecule has 1 aromatic heterocycles. The van der Waals surface area contributed by atoms with Crippen molar-refractivity contribution in [2.24, 2.45) is 23.7 Å². The van der Waals surface area contributed by atoms with E-state index in [2.05, 4.69) is 5.32 Å². The smallest absolute Gasteiger partial charge is 0.250 e. The quantitative estimate of drug-likeness (QED) is 0.618. The number of nitrogens with one attached hydrogen (secondary N) is 1. The molecule has 3 N–H and O–H groups in total. The molecule has 1 saturated heterocycles. The molecule has 6 atom stereocenters. The number of carbonyl (C=O) groups excluding carboxylic acids is 2. The van der Waals surface area contributed by atoms with Gasteiger partial charge in [0.15, 0.2) is 0 Å². The van der Waals surface area contributed by atoms with E-state index < -0.39 is 18.1 Å². The highest BCUT2D eigenvalue weighted by Crippen LogP contribution is 2.44. The van der Waals surface area contributed by atoms with Crippen molar-refractivity contribution >= 4 is 11.8 Å². The van der Waals surface area contributed by atoms with Gasteiger partial charge in [0.25, 0.3) is 5.56 Å². The molecule has 1 aliphatic heterocycles. The Hall–Kier alpha value is -2.19. The highest BCUT2D eigenvalue weighted by molar-refractivity contribution is 5.81. The van der Waals surface area contributed by atoms with E-state index in [-0.39, 0.29) is 54.1 Å². The summed E-state index contributed by atoms with van der Waals surface area (Å²) in [5, 5.41) is 24.1. The summed E-state index contributed by atoms with van der Waals surface area (Å²) in [6.45, 7) is 2.81. The number of aromatic nitrogens is 1. The molecule has 29 heavy (non-hydrogen) atoms. The van der Waals surface area contributed by atoms with Crippen molar-refractivity contribution in [2.75, 3.05) is 13.1 Å². The van der Waals surface area contributed by atoms with Crippen molar-refractivity contribution in [3.05, 3.63) is 34.7 Å². The highest BCUT2D eigenvalue weighted by atomic mass is 16.3. The average Bonchev–Trinajstić information content (AvgIpc) is 3.40. The number of amides is 2. The van der Waals surface area contributed by atoms with E-state index in [1.54, 1.807) is 30.2 Å². The molecule has 158 valence electrons. The van der Waals surface area contributed by atoms with Crippen LogP contribution in [0.5, 0.6) is 0 Å². The van der Waals surface area contributed by atoms with Gasteiger partial charge in [-0.2, -0.15) is 0 Å². The number of carbonyl (C=O) groups is 2. The van der Waals surface area contributed by atoms with Crippen LogP contribution >= 0.6 is 0 Å². The fourth-order valence-electron chi connectivity index (χ4n) is 4.94. The number of hydrogen-bond donors (Lipinski definition) is 3. The summed E-state index contributed by atoms with van der Waals surface area (Å²) >= 11 is 0. The molecular weight excluding hydrogens is 374 g/mol. The van der Waals surface area contributed by atoms with Crippen LogP contribution in [0.25, 0.3) is 0 Å². The molecule has 2 saturated carbocycles. The highest BCUT2D eigenvalue weighted by Gasteiger charge is 2.54. The zero-order valence-electron chi connectivity index (χ0n) is 16.6. The monoisotopic (exact) mass is 403 g/mol. The van der Waals surface area contributed by atoms with E-state index in [4.69, 9.17) is 0 Å². The summed E-state index contributed by atoms with van der Waals surface area (Å²) in [7, 11) is 0. The second kappa shape index (κ2) is 7.91. The molecule has 8 heteroatoms. The zero-order chi connectivity index (χ0) is 20.7. The van der Waals surface area contributed by atoms with Crippen LogP contribution < -0.4 is 10.9 Å². The minimum Gasteiger partial charge on any atom is -0.390 e. The zero-order valence-corrected chi connectivity index (χ0v) is 16.6. The largest absolute Gasteiger partial charge is 0.390 e. The molecule has 2 aliphatic carbocycles. The molecule has 0 radical (unpaired) electrons. The van der Waals surface area contributed by atoms with E-state index >= 15 is 0 Å². The van der Waals surface area contributed by atoms with Crippen LogP contribution in [0.15, 0.2) is 29.2 Å². The van der Waals surface area contributed by atoms with E-state index in [1.165, 1.54) is 10.6 Å². The lowest BCUT2D eigenvalue weighted by atomic mass is 9.65. The Morgan fingerprint density at radius 1 is 1.14 bits per heavy atom. The number of rotatable bonds is 5. The lowest BCUT2D eigenvalue weighted by Crippen LogP contribution is -2.55. The summed E-state index contributed by atoms with van der Waals surface area (Å²) in [6.07, 6.45) is 1.86. The number of aryl methyl sites for hydroxylation is 1. The van der Waals surface area contributed by atoms with Gasteiger partial charge in [0.1, 0.15) is 0 Å². The first-order valence-corrected chi connectivity index (χ1v) is 10.5. The molecule has 0 spiro atoms. The lowest BCUT2D eigenvalue weighted by Gasteiger charge is -2.43. The third-order valence-electron chi connectivity index (χ3n) is 6.81. The van der Waals surface area contributed by atoms with Crippen LogP contribution in [-0.4, -0.2) is 62.8 Å². The van der Waals surface area contributed by atoms with E-state index in [0.29, 0.717) is 13.1 Å². The van der Waals surface area contributed by atoms with Gasteiger partial charge in [-0.25, -0.2) is 0 Å². The summed E-state index contributed by atoms with van der Waals surface area (Å²) in [6, 6.07) is 5.09. The number of hydrogen-bond acceptors (Lipinski definition) is 5. The van der Waals surface area contributed by atoms with Crippen molar-refractivity contribution in [1.29, 1.82) is 0 Å². The second-order valence-electron chi connectivity index (χ2n) is 8.76. The summed E-state index contributed by atoms with van der Waals surface area (Å²) in [5.74, 6) is -1.47. The second-order valence-corrected chi connectivity index (χ2v) is 8.76. The fraction of sp³-hybridized carbons (Fsp3) is 0.667. The van der Waals surface area contributed by atoms with Gasteiger partial charge < -0.3 is 25.0 Å². The first-order valence-electron chi connectivity index (χ1n) is 10.5. The molecule has 0 bridgehead atoms. The normalized spacial score (nSPS) is 34.0. The molecule has 3 aliphatic rings. The van der Waals surface area contributed by atoms with Gasteiger partial charge in [-0.3, -0.25) is 14.4 Å². The van der Waals surface area contributed by atoms with Crippen LogP contribution in [0.4, 0.5) is 0 Å². The van der Waals surface area contributed by atoms with Gasteiger partial charge in [0.05, 0.1) is 12.2 Å². The number of aliphatic hydroxyl groups excluding tert-OH is 2. The summed E-state index contributed by atoms with van der Waals surface area (Å²) in [5.41, 5.74) is -0.153. The van der Waals surface area contributed by atoms with Crippen LogP contribution in [0.3, 0.4) is 0 Å². The predicted molar refractivity (Wildman–Crippen MR) is 105 cm³/mol. The van der Waals surface area contributed by atoms with Gasteiger partial charge in [0.2, 0.25) is 11.8 Å². The van der Waals surface area contributed by atoms with Crippen LogP contribution in [0.2, 0.25) is 0 Å². The van der Waals surface area contributed by atoms with Crippen molar-refractivity contribution in [3.63, 3.8) is 0 Å². The first-order chi connectivity index (χ1) is 13.9. The standard InChI is InChI=1S/C21H29N3O5/c1-12-18(21(29)22-13-5-6-13)14-10-24(11-15(14)20(28)19(12)27)17(26)7-9-23-8-3-2-4-16(23)25/h2-4,8,12-15,18-20,27-28H,5-7,9-11H2,1H3,(H,22,29)/t12-,14+,15+,18+,19+,20+/m1/s1. The Balaban J connectivity index is 1.45. The first kappa shape index (κ1) is 20.1. The van der Waals surface area contributed by atoms with Crippen LogP contribution in [0.1, 0.15) is 26.2 Å². The Morgan fingerprint density at radius 3 is 2.55 bits per heavy atom. The predicted octanol–water partition coefficient (Wildman–Crippen LogP) is -0.421. The van der Waals surface area contributed by atoms with Crippen LogP contribution in [-0.2, 0) is 16.1 Å². The Labute approximate surface area is 169 Å². The van der Waals surface area contributed by atoms with Crippen molar-refractivity contribution < 1.29 is 19.8 Å². The van der Waals surface area contributed by atoms with Gasteiger partial charge in [-0.15, -0.1) is 0 Å². The molecule has 1 aromatic rings. The van der Waals surface area contributed by atoms with E-state index in [0.717, 1.165) is 12.8 Å². The molecule has 0 aromatic carbocycles. The van der Waals surface area contributed by atoms with Gasteiger partial charge in [0, 0.05) is 56.2 Å². The summed E-state index contributed by atoms with van der Waals surface area (Å²) < 4.78 is 1.49.